The molecule has 1 aromatic heterocycles. The number of anilines is 1. The van der Waals surface area contributed by atoms with Crippen LogP contribution in [0.2, 0.25) is 0 Å². The molecule has 0 aliphatic rings. The van der Waals surface area contributed by atoms with Gasteiger partial charge in [0.2, 0.25) is 0 Å². The highest BCUT2D eigenvalue weighted by Crippen LogP contribution is 2.25. The van der Waals surface area contributed by atoms with Crippen molar-refractivity contribution in [2.45, 2.75) is 0 Å². The highest BCUT2D eigenvalue weighted by Gasteiger charge is 2.02. The third-order valence-corrected chi connectivity index (χ3v) is 3.42. The summed E-state index contributed by atoms with van der Waals surface area (Å²) >= 11 is 1.66. The van der Waals surface area contributed by atoms with Gasteiger partial charge in [0.15, 0.2) is 5.13 Å². The highest BCUT2D eigenvalue weighted by molar-refractivity contribution is 7.22. The minimum atomic E-state index is 0.926. The van der Waals surface area contributed by atoms with Gasteiger partial charge in [-0.05, 0) is 17.7 Å². The lowest BCUT2D eigenvalue weighted by atomic mass is 10.2. The second-order valence-electron chi connectivity index (χ2n) is 3.69. The average molecular weight is 239 g/mol. The molecule has 0 atom stereocenters. The molecule has 83 valence electrons. The van der Waals surface area contributed by atoms with E-state index < -0.39 is 0 Å². The number of hydrogen-bond acceptors (Lipinski definition) is 3. The van der Waals surface area contributed by atoms with Crippen molar-refractivity contribution in [1.29, 1.82) is 0 Å². The molecule has 0 aliphatic carbocycles. The smallest absolute Gasteiger partial charge is 0.184 e. The zero-order chi connectivity index (χ0) is 11.5. The van der Waals surface area contributed by atoms with Crippen LogP contribution in [0.25, 0.3) is 10.2 Å². The fourth-order valence-corrected chi connectivity index (χ4v) is 2.46. The number of rotatable bonds is 3. The average Bonchev–Trinajstić information content (AvgIpc) is 2.80. The first-order valence-electron chi connectivity index (χ1n) is 5.42. The van der Waals surface area contributed by atoms with Gasteiger partial charge in [-0.3, -0.25) is 0 Å². The topological polar surface area (TPSA) is 24.9 Å². The van der Waals surface area contributed by atoms with Gasteiger partial charge in [0.05, 0.1) is 16.8 Å². The Morgan fingerprint density at radius 2 is 1.71 bits per heavy atom. The second-order valence-corrected chi connectivity index (χ2v) is 4.72. The van der Waals surface area contributed by atoms with Crippen LogP contribution in [-0.2, 0) is 0 Å². The summed E-state index contributed by atoms with van der Waals surface area (Å²) in [5.74, 6) is 0. The number of fused-ring (bicyclic) bond motifs is 1. The minimum Gasteiger partial charge on any atom is -0.352 e. The predicted molar refractivity (Wildman–Crippen MR) is 73.1 cm³/mol. The number of hydrogen-bond donors (Lipinski definition) is 1. The molecular formula is C14H11N2S. The van der Waals surface area contributed by atoms with Crippen LogP contribution in [0.3, 0.4) is 0 Å². The molecule has 0 bridgehead atoms. The Morgan fingerprint density at radius 1 is 0.941 bits per heavy atom. The molecule has 3 heteroatoms. The fourth-order valence-electron chi connectivity index (χ4n) is 1.63. The quantitative estimate of drug-likeness (QED) is 0.749. The van der Waals surface area contributed by atoms with Gasteiger partial charge < -0.3 is 5.32 Å². The van der Waals surface area contributed by atoms with Crippen LogP contribution >= 0.6 is 11.3 Å². The van der Waals surface area contributed by atoms with Gasteiger partial charge in [-0.25, -0.2) is 4.98 Å². The van der Waals surface area contributed by atoms with E-state index in [0.29, 0.717) is 0 Å². The van der Waals surface area contributed by atoms with Gasteiger partial charge >= 0.3 is 0 Å². The van der Waals surface area contributed by atoms with Crippen LogP contribution in [0, 0.1) is 6.54 Å². The highest BCUT2D eigenvalue weighted by atomic mass is 32.1. The van der Waals surface area contributed by atoms with E-state index in [9.17, 15) is 0 Å². The lowest BCUT2D eigenvalue weighted by Gasteiger charge is -2.00. The molecule has 0 aliphatic heterocycles. The molecule has 0 amide bonds. The van der Waals surface area contributed by atoms with Crippen molar-refractivity contribution in [2.75, 3.05) is 5.32 Å². The number of nitrogens with zero attached hydrogens (tertiary/aromatic N) is 1. The van der Waals surface area contributed by atoms with Gasteiger partial charge in [-0.1, -0.05) is 53.8 Å². The summed E-state index contributed by atoms with van der Waals surface area (Å²) in [5.41, 5.74) is 2.19. The van der Waals surface area contributed by atoms with Crippen LogP contribution in [0.1, 0.15) is 5.56 Å². The summed E-state index contributed by atoms with van der Waals surface area (Å²) in [4.78, 5) is 4.50. The summed E-state index contributed by atoms with van der Waals surface area (Å²) in [5, 5.41) is 4.16. The van der Waals surface area contributed by atoms with E-state index in [1.807, 2.05) is 42.9 Å². The molecule has 2 aromatic carbocycles. The Bertz CT molecular complexity index is 583. The Hall–Kier alpha value is -1.87. The Labute approximate surface area is 104 Å². The van der Waals surface area contributed by atoms with Crippen molar-refractivity contribution >= 4 is 26.7 Å². The molecule has 1 heterocycles. The largest absolute Gasteiger partial charge is 0.352 e. The first-order valence-corrected chi connectivity index (χ1v) is 6.24. The lowest BCUT2D eigenvalue weighted by Crippen LogP contribution is -1.94. The maximum Gasteiger partial charge on any atom is 0.184 e. The number of aromatic nitrogens is 1. The molecule has 0 fully saturated rings. The Balaban J connectivity index is 1.77. The Kier molecular flexibility index (Phi) is 2.76. The van der Waals surface area contributed by atoms with Gasteiger partial charge in [-0.15, -0.1) is 0 Å². The number of nitrogens with one attached hydrogen (secondary N) is 1. The summed E-state index contributed by atoms with van der Waals surface area (Å²) in [6.45, 7) is 1.97. The summed E-state index contributed by atoms with van der Waals surface area (Å²) < 4.78 is 1.21. The van der Waals surface area contributed by atoms with E-state index in [2.05, 4.69) is 28.5 Å². The van der Waals surface area contributed by atoms with Crippen molar-refractivity contribution in [3.05, 3.63) is 66.7 Å². The number of benzene rings is 2. The number of thiazole rings is 1. The first kappa shape index (κ1) is 10.3. The fraction of sp³-hybridized carbons (Fsp3) is 0. The van der Waals surface area contributed by atoms with E-state index in [0.717, 1.165) is 16.2 Å². The van der Waals surface area contributed by atoms with Crippen molar-refractivity contribution in [3.8, 4) is 0 Å². The summed E-state index contributed by atoms with van der Waals surface area (Å²) in [6.07, 6.45) is 0. The Morgan fingerprint density at radius 3 is 2.53 bits per heavy atom. The monoisotopic (exact) mass is 239 g/mol. The molecule has 2 nitrogen and oxygen atoms in total. The molecule has 0 unspecified atom stereocenters. The zero-order valence-corrected chi connectivity index (χ0v) is 9.95. The normalized spacial score (nSPS) is 10.6. The standard InChI is InChI=1S/C14H11N2S/c1-2-6-11(7-3-1)10-15-14-16-12-8-4-5-9-13(12)17-14/h1-10H,(H,15,16). The van der Waals surface area contributed by atoms with Crippen LogP contribution in [0.5, 0.6) is 0 Å². The van der Waals surface area contributed by atoms with Gasteiger partial charge in [0.1, 0.15) is 0 Å². The molecule has 17 heavy (non-hydrogen) atoms. The third-order valence-electron chi connectivity index (χ3n) is 2.46. The first-order chi connectivity index (χ1) is 8.42. The number of para-hydroxylation sites is 1. The van der Waals surface area contributed by atoms with Crippen molar-refractivity contribution < 1.29 is 0 Å². The van der Waals surface area contributed by atoms with Crippen LogP contribution in [0.15, 0.2) is 54.6 Å². The van der Waals surface area contributed by atoms with Crippen molar-refractivity contribution in [1.82, 2.24) is 4.98 Å². The molecule has 3 rings (SSSR count). The van der Waals surface area contributed by atoms with E-state index >= 15 is 0 Å². The molecular weight excluding hydrogens is 228 g/mol. The van der Waals surface area contributed by atoms with Crippen LogP contribution in [-0.4, -0.2) is 4.98 Å². The molecule has 3 aromatic rings. The SMILES string of the molecule is [CH](Nc1nc2ccccc2s1)c1ccccc1. The molecule has 0 spiro atoms. The van der Waals surface area contributed by atoms with Gasteiger partial charge in [0, 0.05) is 0 Å². The van der Waals surface area contributed by atoms with E-state index in [4.69, 9.17) is 0 Å². The lowest BCUT2D eigenvalue weighted by molar-refractivity contribution is 1.36. The maximum atomic E-state index is 4.50. The van der Waals surface area contributed by atoms with Gasteiger partial charge in [0.25, 0.3) is 0 Å². The molecule has 0 saturated heterocycles. The summed E-state index contributed by atoms with van der Waals surface area (Å²) in [7, 11) is 0. The van der Waals surface area contributed by atoms with Gasteiger partial charge in [-0.2, -0.15) is 0 Å². The summed E-state index contributed by atoms with van der Waals surface area (Å²) in [6, 6.07) is 18.3. The van der Waals surface area contributed by atoms with E-state index in [-0.39, 0.29) is 0 Å². The second kappa shape index (κ2) is 4.55. The molecule has 0 saturated carbocycles. The third kappa shape index (κ3) is 2.29. The molecule has 1 N–H and O–H groups in total. The molecule has 1 radical (unpaired) electrons. The van der Waals surface area contributed by atoms with E-state index in [1.165, 1.54) is 4.70 Å². The predicted octanol–water partition coefficient (Wildman–Crippen LogP) is 3.92. The van der Waals surface area contributed by atoms with Crippen LogP contribution < -0.4 is 5.32 Å². The van der Waals surface area contributed by atoms with Crippen molar-refractivity contribution in [2.24, 2.45) is 0 Å². The van der Waals surface area contributed by atoms with Crippen molar-refractivity contribution in [3.63, 3.8) is 0 Å². The van der Waals surface area contributed by atoms with E-state index in [1.54, 1.807) is 11.3 Å². The maximum absolute atomic E-state index is 4.50. The zero-order valence-electron chi connectivity index (χ0n) is 9.13. The minimum absolute atomic E-state index is 0.926. The van der Waals surface area contributed by atoms with Crippen LogP contribution in [0.4, 0.5) is 5.13 Å².